The monoisotopic (exact) mass is 378 g/mol. The minimum absolute atomic E-state index is 0.639. The molecule has 3 aromatic rings. The first-order valence-corrected chi connectivity index (χ1v) is 9.96. The van der Waals surface area contributed by atoms with Crippen LogP contribution in [0.25, 0.3) is 0 Å². The van der Waals surface area contributed by atoms with Crippen molar-refractivity contribution >= 4 is 34.8 Å². The smallest absolute Gasteiger partial charge is 0.171 e. The fourth-order valence-corrected chi connectivity index (χ4v) is 3.59. The number of thioether (sulfide) groups is 1. The summed E-state index contributed by atoms with van der Waals surface area (Å²) in [5.41, 5.74) is 4.82. The van der Waals surface area contributed by atoms with E-state index in [1.807, 2.05) is 30.0 Å². The zero-order valence-corrected chi connectivity index (χ0v) is 16.4. The molecule has 26 heavy (non-hydrogen) atoms. The summed E-state index contributed by atoms with van der Waals surface area (Å²) in [6, 6.07) is 27.2. The largest absolute Gasteiger partial charge is 0.358 e. The summed E-state index contributed by atoms with van der Waals surface area (Å²) in [5, 5.41) is 7.15. The number of thiocarbonyl (C=S) groups is 1. The fourth-order valence-electron chi connectivity index (χ4n) is 2.53. The Morgan fingerprint density at radius 2 is 1.58 bits per heavy atom. The highest BCUT2D eigenvalue weighted by Gasteiger charge is 2.01. The van der Waals surface area contributed by atoms with Crippen molar-refractivity contribution in [2.45, 2.75) is 24.1 Å². The molecule has 3 rings (SSSR count). The van der Waals surface area contributed by atoms with Gasteiger partial charge in [-0.15, -0.1) is 11.8 Å². The van der Waals surface area contributed by atoms with E-state index in [0.717, 1.165) is 18.0 Å². The third-order valence-corrected chi connectivity index (χ3v) is 5.39. The van der Waals surface area contributed by atoms with E-state index in [0.29, 0.717) is 5.11 Å². The number of rotatable bonds is 6. The van der Waals surface area contributed by atoms with Crippen LogP contribution in [0, 0.1) is 6.92 Å². The molecular weight excluding hydrogens is 356 g/mol. The predicted molar refractivity (Wildman–Crippen MR) is 117 cm³/mol. The molecule has 0 aliphatic heterocycles. The first kappa shape index (κ1) is 18.5. The maximum Gasteiger partial charge on any atom is 0.171 e. The number of hydrogen-bond acceptors (Lipinski definition) is 2. The van der Waals surface area contributed by atoms with E-state index in [1.165, 1.54) is 21.6 Å². The van der Waals surface area contributed by atoms with Gasteiger partial charge in [0, 0.05) is 22.9 Å². The van der Waals surface area contributed by atoms with Gasteiger partial charge in [-0.25, -0.2) is 0 Å². The average molecular weight is 379 g/mol. The van der Waals surface area contributed by atoms with Gasteiger partial charge in [0.1, 0.15) is 0 Å². The molecule has 3 aromatic carbocycles. The predicted octanol–water partition coefficient (Wildman–Crippen LogP) is 5.77. The Balaban J connectivity index is 1.47. The van der Waals surface area contributed by atoms with E-state index < -0.39 is 0 Å². The number of aryl methyl sites for hydroxylation is 1. The summed E-state index contributed by atoms with van der Waals surface area (Å²) in [6.07, 6.45) is 0. The van der Waals surface area contributed by atoms with Crippen LogP contribution in [0.1, 0.15) is 16.7 Å². The van der Waals surface area contributed by atoms with Gasteiger partial charge in [0.2, 0.25) is 0 Å². The summed E-state index contributed by atoms with van der Waals surface area (Å²) in [7, 11) is 0. The van der Waals surface area contributed by atoms with Crippen LogP contribution in [0.15, 0.2) is 83.8 Å². The van der Waals surface area contributed by atoms with Crippen LogP contribution in [0.5, 0.6) is 0 Å². The van der Waals surface area contributed by atoms with Gasteiger partial charge in [0.15, 0.2) is 5.11 Å². The molecule has 0 atom stereocenters. The Morgan fingerprint density at radius 3 is 2.31 bits per heavy atom. The highest BCUT2D eigenvalue weighted by molar-refractivity contribution is 7.98. The average Bonchev–Trinajstić information content (AvgIpc) is 2.68. The zero-order valence-electron chi connectivity index (χ0n) is 14.7. The first-order chi connectivity index (χ1) is 12.7. The van der Waals surface area contributed by atoms with E-state index in [9.17, 15) is 0 Å². The second kappa shape index (κ2) is 9.41. The molecule has 0 saturated carbocycles. The second-order valence-electron chi connectivity index (χ2n) is 6.03. The SMILES string of the molecule is Cc1ccccc1CNC(=S)Nc1ccc(CSc2ccccc2)cc1. The topological polar surface area (TPSA) is 24.1 Å². The van der Waals surface area contributed by atoms with Crippen LogP contribution in [-0.4, -0.2) is 5.11 Å². The third-order valence-electron chi connectivity index (χ3n) is 4.06. The van der Waals surface area contributed by atoms with Gasteiger partial charge >= 0.3 is 0 Å². The van der Waals surface area contributed by atoms with E-state index in [1.54, 1.807) is 0 Å². The van der Waals surface area contributed by atoms with E-state index in [4.69, 9.17) is 12.2 Å². The van der Waals surface area contributed by atoms with Crippen LogP contribution in [0.3, 0.4) is 0 Å². The van der Waals surface area contributed by atoms with Crippen molar-refractivity contribution in [1.82, 2.24) is 5.32 Å². The summed E-state index contributed by atoms with van der Waals surface area (Å²) in [6.45, 7) is 2.84. The van der Waals surface area contributed by atoms with Crippen molar-refractivity contribution in [2.24, 2.45) is 0 Å². The van der Waals surface area contributed by atoms with Crippen molar-refractivity contribution in [1.29, 1.82) is 0 Å². The van der Waals surface area contributed by atoms with Gasteiger partial charge in [-0.3, -0.25) is 0 Å². The molecular formula is C22H22N2S2. The summed E-state index contributed by atoms with van der Waals surface area (Å²) >= 11 is 7.24. The maximum atomic E-state index is 5.40. The molecule has 4 heteroatoms. The first-order valence-electron chi connectivity index (χ1n) is 8.57. The molecule has 132 valence electrons. The number of anilines is 1. The highest BCUT2D eigenvalue weighted by Crippen LogP contribution is 2.23. The van der Waals surface area contributed by atoms with Crippen LogP contribution in [0.2, 0.25) is 0 Å². The number of benzene rings is 3. The van der Waals surface area contributed by atoms with Crippen molar-refractivity contribution < 1.29 is 0 Å². The van der Waals surface area contributed by atoms with E-state index in [-0.39, 0.29) is 0 Å². The molecule has 0 heterocycles. The van der Waals surface area contributed by atoms with Gasteiger partial charge in [-0.2, -0.15) is 0 Å². The van der Waals surface area contributed by atoms with Gasteiger partial charge in [-0.1, -0.05) is 54.6 Å². The normalized spacial score (nSPS) is 10.3. The van der Waals surface area contributed by atoms with Crippen LogP contribution in [0.4, 0.5) is 5.69 Å². The Kier molecular flexibility index (Phi) is 6.69. The fraction of sp³-hybridized carbons (Fsp3) is 0.136. The van der Waals surface area contributed by atoms with Crippen molar-refractivity contribution in [2.75, 3.05) is 5.32 Å². The molecule has 0 aromatic heterocycles. The lowest BCUT2D eigenvalue weighted by Crippen LogP contribution is -2.28. The van der Waals surface area contributed by atoms with Crippen molar-refractivity contribution in [3.63, 3.8) is 0 Å². The standard InChI is InChI=1S/C22H22N2S2/c1-17-7-5-6-8-19(17)15-23-22(25)24-20-13-11-18(12-14-20)16-26-21-9-3-2-4-10-21/h2-14H,15-16H2,1H3,(H2,23,24,25). The number of nitrogens with one attached hydrogen (secondary N) is 2. The second-order valence-corrected chi connectivity index (χ2v) is 7.49. The summed E-state index contributed by atoms with van der Waals surface area (Å²) in [4.78, 5) is 1.29. The van der Waals surface area contributed by atoms with E-state index >= 15 is 0 Å². The Labute approximate surface area is 165 Å². The lowest BCUT2D eigenvalue weighted by atomic mass is 10.1. The molecule has 0 spiro atoms. The van der Waals surface area contributed by atoms with Gasteiger partial charge < -0.3 is 10.6 Å². The Morgan fingerprint density at radius 1 is 0.885 bits per heavy atom. The van der Waals surface area contributed by atoms with Crippen LogP contribution in [-0.2, 0) is 12.3 Å². The Hall–Kier alpha value is -2.30. The van der Waals surface area contributed by atoms with Gasteiger partial charge in [0.25, 0.3) is 0 Å². The maximum absolute atomic E-state index is 5.40. The minimum atomic E-state index is 0.639. The van der Waals surface area contributed by atoms with E-state index in [2.05, 4.69) is 78.2 Å². The highest BCUT2D eigenvalue weighted by atomic mass is 32.2. The lowest BCUT2D eigenvalue weighted by Gasteiger charge is -2.12. The molecule has 0 saturated heterocycles. The molecule has 2 N–H and O–H groups in total. The molecule has 0 fully saturated rings. The third kappa shape index (κ3) is 5.61. The van der Waals surface area contributed by atoms with Crippen LogP contribution >= 0.6 is 24.0 Å². The van der Waals surface area contributed by atoms with Crippen molar-refractivity contribution in [3.8, 4) is 0 Å². The molecule has 0 aliphatic rings. The molecule has 0 amide bonds. The molecule has 0 bridgehead atoms. The van der Waals surface area contributed by atoms with Crippen LogP contribution < -0.4 is 10.6 Å². The summed E-state index contributed by atoms with van der Waals surface area (Å²) in [5.74, 6) is 0.959. The van der Waals surface area contributed by atoms with Gasteiger partial charge in [0.05, 0.1) is 0 Å². The lowest BCUT2D eigenvalue weighted by molar-refractivity contribution is 0.915. The zero-order chi connectivity index (χ0) is 18.2. The van der Waals surface area contributed by atoms with Gasteiger partial charge in [-0.05, 0) is 60.1 Å². The number of hydrogen-bond donors (Lipinski definition) is 2. The Bertz CT molecular complexity index is 846. The minimum Gasteiger partial charge on any atom is -0.358 e. The molecule has 0 radical (unpaired) electrons. The molecule has 2 nitrogen and oxygen atoms in total. The molecule has 0 aliphatic carbocycles. The quantitative estimate of drug-likeness (QED) is 0.420. The summed E-state index contributed by atoms with van der Waals surface area (Å²) < 4.78 is 0. The van der Waals surface area contributed by atoms with Crippen molar-refractivity contribution in [3.05, 3.63) is 95.6 Å². The molecule has 0 unspecified atom stereocenters.